The van der Waals surface area contributed by atoms with Gasteiger partial charge >= 0.3 is 0 Å². The minimum atomic E-state index is 0.833. The summed E-state index contributed by atoms with van der Waals surface area (Å²) in [5, 5.41) is 0. The van der Waals surface area contributed by atoms with Crippen LogP contribution in [0.1, 0.15) is 6.42 Å². The number of hydrogen-bond acceptors (Lipinski definition) is 2. The molecule has 0 saturated heterocycles. The highest BCUT2D eigenvalue weighted by Gasteiger charge is 1.76. The maximum Gasteiger partial charge on any atom is 0.0942 e. The van der Waals surface area contributed by atoms with Gasteiger partial charge in [0.1, 0.15) is 0 Å². The molecule has 0 aliphatic carbocycles. The molecule has 1 aliphatic heterocycles. The summed E-state index contributed by atoms with van der Waals surface area (Å²) in [6, 6.07) is 2.51. The van der Waals surface area contributed by atoms with E-state index in [-0.39, 0.29) is 0 Å². The Kier molecular flexibility index (Phi) is 1.42. The van der Waals surface area contributed by atoms with E-state index in [1.165, 1.54) is 0 Å². The molecule has 0 saturated carbocycles. The third kappa shape index (κ3) is 1.33. The van der Waals surface area contributed by atoms with Crippen molar-refractivity contribution in [3.8, 4) is 0 Å². The third-order valence-electron chi connectivity index (χ3n) is 0.716. The van der Waals surface area contributed by atoms with Gasteiger partial charge in [0.2, 0.25) is 0 Å². The molecule has 0 atom stereocenters. The average Bonchev–Trinajstić information content (AvgIpc) is 1.90. The molecule has 2 nitrogen and oxygen atoms in total. The zero-order valence-electron chi connectivity index (χ0n) is 3.96. The van der Waals surface area contributed by atoms with Crippen LogP contribution in [0.15, 0.2) is 22.3 Å². The molecule has 0 aromatic rings. The van der Waals surface area contributed by atoms with E-state index in [1.807, 2.05) is 6.08 Å². The first-order chi connectivity index (χ1) is 3.50. The second-order valence-corrected chi connectivity index (χ2v) is 1.28. The van der Waals surface area contributed by atoms with Crippen LogP contribution in [0.4, 0.5) is 0 Å². The van der Waals surface area contributed by atoms with Crippen LogP contribution in [0.5, 0.6) is 0 Å². The normalized spacial score (nSPS) is 17.1. The number of hydrogen-bond donors (Lipinski definition) is 0. The molecule has 1 rings (SSSR count). The first-order valence-corrected chi connectivity index (χ1v) is 2.26. The van der Waals surface area contributed by atoms with Crippen LogP contribution in [-0.4, -0.2) is 12.6 Å². The number of nitrogens with zero attached hydrogens (tertiary/aromatic N) is 2. The van der Waals surface area contributed by atoms with Crippen LogP contribution in [0, 0.1) is 0 Å². The van der Waals surface area contributed by atoms with Crippen molar-refractivity contribution >= 4 is 6.01 Å². The highest BCUT2D eigenvalue weighted by atomic mass is 14.8. The largest absolute Gasteiger partial charge is 0.225 e. The Morgan fingerprint density at radius 3 is 3.57 bits per heavy atom. The summed E-state index contributed by atoms with van der Waals surface area (Å²) >= 11 is 0. The fourth-order valence-corrected chi connectivity index (χ4v) is 0.390. The Bertz CT molecular complexity index is 129. The topological polar surface area (TPSA) is 24.7 Å². The lowest BCUT2D eigenvalue weighted by Crippen LogP contribution is -1.69. The average molecular weight is 94.1 g/mol. The zero-order valence-corrected chi connectivity index (χ0v) is 3.96. The van der Waals surface area contributed by atoms with Crippen molar-refractivity contribution < 1.29 is 0 Å². The maximum absolute atomic E-state index is 3.79. The Morgan fingerprint density at radius 1 is 1.57 bits per heavy atom. The van der Waals surface area contributed by atoms with Crippen molar-refractivity contribution in [2.24, 2.45) is 9.98 Å². The second-order valence-electron chi connectivity index (χ2n) is 1.28. The highest BCUT2D eigenvalue weighted by Crippen LogP contribution is 1.86. The van der Waals surface area contributed by atoms with E-state index < -0.39 is 0 Å². The quantitative estimate of drug-likeness (QED) is 0.429. The van der Waals surface area contributed by atoms with Crippen LogP contribution >= 0.6 is 0 Å². The van der Waals surface area contributed by atoms with Crippen molar-refractivity contribution in [2.45, 2.75) is 6.42 Å². The molecule has 2 heteroatoms. The summed E-state index contributed by atoms with van der Waals surface area (Å²) < 4.78 is 0. The lowest BCUT2D eigenvalue weighted by atomic mass is 10.4. The van der Waals surface area contributed by atoms with Gasteiger partial charge in [0.25, 0.3) is 0 Å². The first kappa shape index (κ1) is 4.28. The molecular weight excluding hydrogens is 88.1 g/mol. The monoisotopic (exact) mass is 94.1 g/mol. The summed E-state index contributed by atoms with van der Waals surface area (Å²) in [6.45, 7) is 0.833. The zero-order chi connectivity index (χ0) is 4.95. The molecule has 0 aromatic heterocycles. The predicted molar refractivity (Wildman–Crippen MR) is 28.5 cm³/mol. The van der Waals surface area contributed by atoms with E-state index in [0.29, 0.717) is 0 Å². The molecular formula is C5H6N2. The fourth-order valence-electron chi connectivity index (χ4n) is 0.390. The Labute approximate surface area is 42.3 Å². The van der Waals surface area contributed by atoms with Crippen LogP contribution in [-0.2, 0) is 0 Å². The summed E-state index contributed by atoms with van der Waals surface area (Å²) in [4.78, 5) is 7.47. The molecule has 1 aliphatic rings. The molecule has 0 radical (unpaired) electrons. The van der Waals surface area contributed by atoms with Crippen molar-refractivity contribution in [2.75, 3.05) is 6.54 Å². The molecule has 7 heavy (non-hydrogen) atoms. The van der Waals surface area contributed by atoms with Crippen molar-refractivity contribution in [3.63, 3.8) is 0 Å². The Balaban J connectivity index is 2.65. The first-order valence-electron chi connectivity index (χ1n) is 2.26. The molecule has 1 heterocycles. The Morgan fingerprint density at radius 2 is 2.57 bits per heavy atom. The molecule has 0 fully saturated rings. The standard InChI is InChI=1S/C5H6N2/c1-2-4-7-5-6-3-1/h1,3H,2,4H2. The molecule has 0 unspecified atom stereocenters. The van der Waals surface area contributed by atoms with Crippen LogP contribution in [0.3, 0.4) is 0 Å². The molecule has 0 spiro atoms. The van der Waals surface area contributed by atoms with Gasteiger partial charge in [-0.3, -0.25) is 0 Å². The minimum absolute atomic E-state index is 0.833. The Hall–Kier alpha value is -0.880. The SMILES string of the molecule is C1=NC=CCCN=1. The van der Waals surface area contributed by atoms with E-state index in [0.717, 1.165) is 13.0 Å². The van der Waals surface area contributed by atoms with Gasteiger partial charge in [-0.1, -0.05) is 6.08 Å². The molecule has 0 N–H and O–H groups in total. The van der Waals surface area contributed by atoms with E-state index in [1.54, 1.807) is 6.20 Å². The highest BCUT2D eigenvalue weighted by molar-refractivity contribution is 5.42. The molecule has 0 aromatic carbocycles. The predicted octanol–water partition coefficient (Wildman–Crippen LogP) is 1.08. The van der Waals surface area contributed by atoms with E-state index in [9.17, 15) is 0 Å². The second kappa shape index (κ2) is 2.32. The summed E-state index contributed by atoms with van der Waals surface area (Å²) in [6.07, 6.45) is 4.69. The van der Waals surface area contributed by atoms with Gasteiger partial charge in [0.05, 0.1) is 12.6 Å². The number of aliphatic imine (C=N–C) groups is 2. The summed E-state index contributed by atoms with van der Waals surface area (Å²) in [7, 11) is 0. The smallest absolute Gasteiger partial charge is 0.0942 e. The summed E-state index contributed by atoms with van der Waals surface area (Å²) in [5.74, 6) is 0. The van der Waals surface area contributed by atoms with Crippen molar-refractivity contribution in [1.82, 2.24) is 0 Å². The van der Waals surface area contributed by atoms with Gasteiger partial charge in [-0.15, -0.1) is 0 Å². The lowest BCUT2D eigenvalue weighted by Gasteiger charge is -1.74. The van der Waals surface area contributed by atoms with E-state index >= 15 is 0 Å². The van der Waals surface area contributed by atoms with Gasteiger partial charge in [0.15, 0.2) is 0 Å². The number of rotatable bonds is 0. The van der Waals surface area contributed by atoms with E-state index in [2.05, 4.69) is 16.0 Å². The lowest BCUT2D eigenvalue weighted by molar-refractivity contribution is 1.02. The van der Waals surface area contributed by atoms with Crippen molar-refractivity contribution in [1.29, 1.82) is 0 Å². The molecule has 36 valence electrons. The van der Waals surface area contributed by atoms with Gasteiger partial charge in [-0.2, -0.15) is 4.99 Å². The van der Waals surface area contributed by atoms with Gasteiger partial charge in [0, 0.05) is 6.20 Å². The van der Waals surface area contributed by atoms with Gasteiger partial charge in [-0.25, -0.2) is 4.99 Å². The van der Waals surface area contributed by atoms with Crippen LogP contribution in [0.25, 0.3) is 0 Å². The van der Waals surface area contributed by atoms with Crippen LogP contribution in [0.2, 0.25) is 0 Å². The van der Waals surface area contributed by atoms with Crippen LogP contribution < -0.4 is 0 Å². The van der Waals surface area contributed by atoms with Gasteiger partial charge in [-0.05, 0) is 6.42 Å². The van der Waals surface area contributed by atoms with Gasteiger partial charge < -0.3 is 0 Å². The third-order valence-corrected chi connectivity index (χ3v) is 0.716. The summed E-state index contributed by atoms with van der Waals surface area (Å²) in [5.41, 5.74) is 0. The maximum atomic E-state index is 3.79. The van der Waals surface area contributed by atoms with E-state index in [4.69, 9.17) is 0 Å². The minimum Gasteiger partial charge on any atom is -0.225 e. The fraction of sp³-hybridized carbons (Fsp3) is 0.400. The van der Waals surface area contributed by atoms with Crippen molar-refractivity contribution in [3.05, 3.63) is 12.3 Å². The molecule has 0 bridgehead atoms. The molecule has 0 amide bonds.